The molecule has 3 heterocycles. The minimum atomic E-state index is 0.649. The van der Waals surface area contributed by atoms with Crippen molar-refractivity contribution >= 4 is 21.8 Å². The molecular formula is C64H45N5. The Morgan fingerprint density at radius 1 is 0.275 bits per heavy atom. The van der Waals surface area contributed by atoms with Crippen molar-refractivity contribution in [3.8, 4) is 95.7 Å². The van der Waals surface area contributed by atoms with Gasteiger partial charge < -0.3 is 4.57 Å². The standard InChI is InChI=1S/C64H45N5/c1-42-17-15-27-48(35-42)50-29-32-60-53(37-50)54-38-51(49-28-16-18-43(2)36-49)30-33-61(54)69(60)62-34-31-52(58-40-56(44-19-7-3-8-20-44)65-63(67-58)46-23-11-5-12-24-46)39-55(62)59-41-57(45-21-9-4-10-22-45)66-64(68-59)47-25-13-6-14-26-47/h3-41H,1-2H3. The molecule has 0 fully saturated rings. The first-order valence-corrected chi connectivity index (χ1v) is 23.4. The van der Waals surface area contributed by atoms with Crippen LogP contribution in [-0.4, -0.2) is 24.5 Å². The van der Waals surface area contributed by atoms with Crippen molar-refractivity contribution in [3.05, 3.63) is 248 Å². The van der Waals surface area contributed by atoms with E-state index in [1.807, 2.05) is 48.5 Å². The summed E-state index contributed by atoms with van der Waals surface area (Å²) in [6.45, 7) is 4.30. The van der Waals surface area contributed by atoms with Crippen molar-refractivity contribution in [1.82, 2.24) is 24.5 Å². The maximum Gasteiger partial charge on any atom is 0.160 e. The molecule has 0 radical (unpaired) electrons. The topological polar surface area (TPSA) is 56.5 Å². The molecule has 0 atom stereocenters. The summed E-state index contributed by atoms with van der Waals surface area (Å²) in [6.07, 6.45) is 0. The second-order valence-corrected chi connectivity index (χ2v) is 17.7. The fourth-order valence-corrected chi connectivity index (χ4v) is 9.51. The van der Waals surface area contributed by atoms with Crippen molar-refractivity contribution in [3.63, 3.8) is 0 Å². The summed E-state index contributed by atoms with van der Waals surface area (Å²) in [4.78, 5) is 21.1. The second-order valence-electron chi connectivity index (χ2n) is 17.7. The van der Waals surface area contributed by atoms with Crippen LogP contribution in [-0.2, 0) is 0 Å². The van der Waals surface area contributed by atoms with E-state index in [1.165, 1.54) is 44.2 Å². The van der Waals surface area contributed by atoms with Gasteiger partial charge in [0.15, 0.2) is 11.6 Å². The lowest BCUT2D eigenvalue weighted by Gasteiger charge is -2.17. The first kappa shape index (κ1) is 41.4. The van der Waals surface area contributed by atoms with E-state index in [9.17, 15) is 0 Å². The highest BCUT2D eigenvalue weighted by molar-refractivity contribution is 6.12. The Morgan fingerprint density at radius 2 is 0.652 bits per heavy atom. The molecule has 0 aliphatic heterocycles. The summed E-state index contributed by atoms with van der Waals surface area (Å²) in [6, 6.07) is 83.4. The molecule has 9 aromatic carbocycles. The summed E-state index contributed by atoms with van der Waals surface area (Å²) in [5.41, 5.74) is 19.4. The monoisotopic (exact) mass is 883 g/mol. The van der Waals surface area contributed by atoms with E-state index >= 15 is 0 Å². The average molecular weight is 884 g/mol. The Balaban J connectivity index is 1.15. The van der Waals surface area contributed by atoms with Gasteiger partial charge in [-0.15, -0.1) is 0 Å². The van der Waals surface area contributed by atoms with Crippen LogP contribution >= 0.6 is 0 Å². The molecule has 0 unspecified atom stereocenters. The highest BCUT2D eigenvalue weighted by Crippen LogP contribution is 2.42. The van der Waals surface area contributed by atoms with E-state index in [2.05, 4.69) is 206 Å². The SMILES string of the molecule is Cc1cccc(-c2ccc3c(c2)c2cc(-c4cccc(C)c4)ccc2n3-c2ccc(-c3cc(-c4ccccc4)nc(-c4ccccc4)n3)cc2-c2cc(-c3ccccc3)nc(-c3ccccc3)n2)c1. The third-order valence-corrected chi connectivity index (χ3v) is 12.9. The Hall–Kier alpha value is -9.06. The third-order valence-electron chi connectivity index (χ3n) is 12.9. The van der Waals surface area contributed by atoms with Crippen LogP contribution in [0.25, 0.3) is 118 Å². The molecule has 326 valence electrons. The van der Waals surface area contributed by atoms with Gasteiger partial charge >= 0.3 is 0 Å². The predicted molar refractivity (Wildman–Crippen MR) is 285 cm³/mol. The van der Waals surface area contributed by atoms with E-state index in [-0.39, 0.29) is 0 Å². The molecule has 12 rings (SSSR count). The molecule has 0 aliphatic carbocycles. The number of nitrogens with zero attached hydrogens (tertiary/aromatic N) is 5. The molecule has 0 bridgehead atoms. The minimum Gasteiger partial charge on any atom is -0.309 e. The first-order valence-electron chi connectivity index (χ1n) is 23.4. The Bertz CT molecular complexity index is 3620. The lowest BCUT2D eigenvalue weighted by molar-refractivity contribution is 1.15. The average Bonchev–Trinajstić information content (AvgIpc) is 3.74. The van der Waals surface area contributed by atoms with Gasteiger partial charge in [-0.2, -0.15) is 0 Å². The Labute approximate surface area is 401 Å². The summed E-state index contributed by atoms with van der Waals surface area (Å²) in [5.74, 6) is 1.31. The van der Waals surface area contributed by atoms with Crippen molar-refractivity contribution in [2.24, 2.45) is 0 Å². The molecule has 0 spiro atoms. The molecule has 0 saturated heterocycles. The molecule has 0 saturated carbocycles. The number of hydrogen-bond donors (Lipinski definition) is 0. The molecule has 0 aliphatic rings. The van der Waals surface area contributed by atoms with Gasteiger partial charge in [0.2, 0.25) is 0 Å². The van der Waals surface area contributed by atoms with E-state index in [4.69, 9.17) is 19.9 Å². The zero-order valence-corrected chi connectivity index (χ0v) is 38.3. The van der Waals surface area contributed by atoms with Crippen LogP contribution in [0.4, 0.5) is 0 Å². The number of aromatic nitrogens is 5. The molecule has 3 aromatic heterocycles. The Morgan fingerprint density at radius 3 is 1.12 bits per heavy atom. The van der Waals surface area contributed by atoms with Crippen LogP contribution < -0.4 is 0 Å². The molecule has 5 nitrogen and oxygen atoms in total. The molecule has 0 amide bonds. The zero-order valence-electron chi connectivity index (χ0n) is 38.3. The van der Waals surface area contributed by atoms with Crippen LogP contribution in [0.3, 0.4) is 0 Å². The quantitative estimate of drug-likeness (QED) is 0.145. The van der Waals surface area contributed by atoms with E-state index < -0.39 is 0 Å². The van der Waals surface area contributed by atoms with Crippen molar-refractivity contribution in [1.29, 1.82) is 0 Å². The van der Waals surface area contributed by atoms with E-state index in [0.29, 0.717) is 11.6 Å². The summed E-state index contributed by atoms with van der Waals surface area (Å²) < 4.78 is 2.42. The predicted octanol–water partition coefficient (Wildman–Crippen LogP) is 16.3. The Kier molecular flexibility index (Phi) is 10.6. The number of fused-ring (bicyclic) bond motifs is 3. The second kappa shape index (κ2) is 17.6. The van der Waals surface area contributed by atoms with Crippen LogP contribution in [0.1, 0.15) is 11.1 Å². The fourth-order valence-electron chi connectivity index (χ4n) is 9.51. The van der Waals surface area contributed by atoms with Crippen LogP contribution in [0, 0.1) is 13.8 Å². The summed E-state index contributed by atoms with van der Waals surface area (Å²) in [5, 5.41) is 2.34. The maximum atomic E-state index is 5.46. The molecular weight excluding hydrogens is 839 g/mol. The zero-order chi connectivity index (χ0) is 46.3. The number of rotatable bonds is 9. The van der Waals surface area contributed by atoms with Gasteiger partial charge in [-0.1, -0.05) is 199 Å². The molecule has 0 N–H and O–H groups in total. The smallest absolute Gasteiger partial charge is 0.160 e. The van der Waals surface area contributed by atoms with Gasteiger partial charge in [-0.05, 0) is 84.6 Å². The number of hydrogen-bond acceptors (Lipinski definition) is 4. The van der Waals surface area contributed by atoms with Crippen LogP contribution in [0.5, 0.6) is 0 Å². The first-order chi connectivity index (χ1) is 34.0. The highest BCUT2D eigenvalue weighted by atomic mass is 15.0. The summed E-state index contributed by atoms with van der Waals surface area (Å²) >= 11 is 0. The normalized spacial score (nSPS) is 11.3. The van der Waals surface area contributed by atoms with Crippen LogP contribution in [0.2, 0.25) is 0 Å². The van der Waals surface area contributed by atoms with Crippen molar-refractivity contribution < 1.29 is 0 Å². The third kappa shape index (κ3) is 8.06. The van der Waals surface area contributed by atoms with Gasteiger partial charge in [-0.25, -0.2) is 19.9 Å². The van der Waals surface area contributed by atoms with E-state index in [1.54, 1.807) is 0 Å². The largest absolute Gasteiger partial charge is 0.309 e. The highest BCUT2D eigenvalue weighted by Gasteiger charge is 2.22. The van der Waals surface area contributed by atoms with E-state index in [0.717, 1.165) is 72.9 Å². The fraction of sp³-hybridized carbons (Fsp3) is 0.0312. The van der Waals surface area contributed by atoms with Gasteiger partial charge in [0.1, 0.15) is 0 Å². The number of aryl methyl sites for hydroxylation is 2. The lowest BCUT2D eigenvalue weighted by atomic mass is 9.99. The molecule has 5 heteroatoms. The van der Waals surface area contributed by atoms with Crippen molar-refractivity contribution in [2.45, 2.75) is 13.8 Å². The maximum absolute atomic E-state index is 5.46. The molecule has 69 heavy (non-hydrogen) atoms. The summed E-state index contributed by atoms with van der Waals surface area (Å²) in [7, 11) is 0. The van der Waals surface area contributed by atoms with Crippen molar-refractivity contribution in [2.75, 3.05) is 0 Å². The number of benzene rings is 9. The van der Waals surface area contributed by atoms with Crippen LogP contribution in [0.15, 0.2) is 237 Å². The lowest BCUT2D eigenvalue weighted by Crippen LogP contribution is -2.02. The van der Waals surface area contributed by atoms with Gasteiger partial charge in [0, 0.05) is 44.2 Å². The molecule has 12 aromatic rings. The van der Waals surface area contributed by atoms with Gasteiger partial charge in [0.25, 0.3) is 0 Å². The van der Waals surface area contributed by atoms with Gasteiger partial charge in [0.05, 0.1) is 39.5 Å². The van der Waals surface area contributed by atoms with Gasteiger partial charge in [-0.3, -0.25) is 0 Å². The minimum absolute atomic E-state index is 0.649.